The predicted octanol–water partition coefficient (Wildman–Crippen LogP) is 6.22. The third-order valence-electron chi connectivity index (χ3n) is 7.20. The van der Waals surface area contributed by atoms with E-state index in [1.165, 1.54) is 22.3 Å². The van der Waals surface area contributed by atoms with Crippen molar-refractivity contribution in [3.8, 4) is 0 Å². The Morgan fingerprint density at radius 1 is 1.03 bits per heavy atom. The van der Waals surface area contributed by atoms with Crippen LogP contribution >= 0.6 is 11.8 Å². The standard InChI is InChI=1S/C31H33N3O2S/c1-21-12-13-22(2)25(18-21)20-37-31-33-28-19-24(29(35)32-26-10-6-7-11-26)14-15-27(28)30(36)34(31)17-16-23-8-4-3-5-9-23/h3-5,8-9,12-15,18-19,26H,6-7,10-11,16-17,20H2,1-2H3,(H,32,35). The van der Waals surface area contributed by atoms with Crippen molar-refractivity contribution in [2.24, 2.45) is 0 Å². The molecule has 0 unspecified atom stereocenters. The molecule has 190 valence electrons. The number of fused-ring (bicyclic) bond motifs is 1. The van der Waals surface area contributed by atoms with Gasteiger partial charge >= 0.3 is 0 Å². The van der Waals surface area contributed by atoms with E-state index in [9.17, 15) is 9.59 Å². The molecule has 0 atom stereocenters. The molecule has 1 N–H and O–H groups in total. The Kier molecular flexibility index (Phi) is 7.75. The molecule has 1 fully saturated rings. The Bertz CT molecular complexity index is 1470. The van der Waals surface area contributed by atoms with E-state index in [0.717, 1.165) is 37.9 Å². The molecular formula is C31H33N3O2S. The number of aromatic nitrogens is 2. The lowest BCUT2D eigenvalue weighted by Crippen LogP contribution is -2.32. The number of rotatable bonds is 8. The van der Waals surface area contributed by atoms with Crippen molar-refractivity contribution in [3.05, 3.63) is 105 Å². The van der Waals surface area contributed by atoms with Crippen molar-refractivity contribution < 1.29 is 4.79 Å². The molecule has 1 aromatic heterocycles. The zero-order valence-electron chi connectivity index (χ0n) is 21.5. The normalized spacial score (nSPS) is 13.8. The molecule has 1 saturated carbocycles. The van der Waals surface area contributed by atoms with E-state index < -0.39 is 0 Å². The number of hydrogen-bond acceptors (Lipinski definition) is 4. The Morgan fingerprint density at radius 3 is 2.59 bits per heavy atom. The van der Waals surface area contributed by atoms with E-state index in [-0.39, 0.29) is 17.5 Å². The fourth-order valence-corrected chi connectivity index (χ4v) is 6.06. The number of thioether (sulfide) groups is 1. The van der Waals surface area contributed by atoms with E-state index in [1.54, 1.807) is 34.5 Å². The first-order chi connectivity index (χ1) is 18.0. The molecule has 1 amide bonds. The highest BCUT2D eigenvalue weighted by Crippen LogP contribution is 2.25. The average Bonchev–Trinajstić information content (AvgIpc) is 3.42. The highest BCUT2D eigenvalue weighted by atomic mass is 32.2. The maximum Gasteiger partial charge on any atom is 0.262 e. The zero-order valence-corrected chi connectivity index (χ0v) is 22.3. The van der Waals surface area contributed by atoms with Gasteiger partial charge in [-0.25, -0.2) is 4.98 Å². The molecule has 0 spiro atoms. The minimum absolute atomic E-state index is 0.0628. The number of nitrogens with one attached hydrogen (secondary N) is 1. The van der Waals surface area contributed by atoms with Gasteiger partial charge in [0.1, 0.15) is 0 Å². The summed E-state index contributed by atoms with van der Waals surface area (Å²) in [6.07, 6.45) is 5.13. The predicted molar refractivity (Wildman–Crippen MR) is 151 cm³/mol. The number of benzene rings is 3. The molecule has 4 aromatic rings. The summed E-state index contributed by atoms with van der Waals surface area (Å²) in [4.78, 5) is 31.5. The minimum atomic E-state index is -0.0894. The SMILES string of the molecule is Cc1ccc(C)c(CSc2nc3cc(C(=O)NC4CCCC4)ccc3c(=O)n2CCc2ccccc2)c1. The Balaban J connectivity index is 1.48. The minimum Gasteiger partial charge on any atom is -0.349 e. The van der Waals surface area contributed by atoms with Crippen LogP contribution in [0.25, 0.3) is 10.9 Å². The summed E-state index contributed by atoms with van der Waals surface area (Å²) in [5, 5.41) is 4.37. The number of carbonyl (C=O) groups excluding carboxylic acids is 1. The monoisotopic (exact) mass is 511 g/mol. The molecular weight excluding hydrogens is 478 g/mol. The van der Waals surface area contributed by atoms with Gasteiger partial charge in [-0.1, -0.05) is 78.7 Å². The van der Waals surface area contributed by atoms with Crippen LogP contribution in [-0.4, -0.2) is 21.5 Å². The fraction of sp³-hybridized carbons (Fsp3) is 0.323. The summed E-state index contributed by atoms with van der Waals surface area (Å²) in [5.41, 5.74) is 5.92. The Morgan fingerprint density at radius 2 is 1.81 bits per heavy atom. The van der Waals surface area contributed by atoms with Crippen LogP contribution in [-0.2, 0) is 18.7 Å². The molecule has 1 heterocycles. The number of carbonyl (C=O) groups is 1. The van der Waals surface area contributed by atoms with Gasteiger partial charge < -0.3 is 5.32 Å². The van der Waals surface area contributed by atoms with Gasteiger partial charge in [-0.15, -0.1) is 0 Å². The molecule has 0 bridgehead atoms. The van der Waals surface area contributed by atoms with Crippen LogP contribution in [0.3, 0.4) is 0 Å². The first kappa shape index (κ1) is 25.3. The summed E-state index contributed by atoms with van der Waals surface area (Å²) in [6, 6.07) is 22.2. The molecule has 37 heavy (non-hydrogen) atoms. The highest BCUT2D eigenvalue weighted by Gasteiger charge is 2.19. The van der Waals surface area contributed by atoms with Crippen molar-refractivity contribution in [2.75, 3.05) is 0 Å². The van der Waals surface area contributed by atoms with Crippen LogP contribution in [0, 0.1) is 13.8 Å². The second-order valence-corrected chi connectivity index (χ2v) is 10.9. The summed E-state index contributed by atoms with van der Waals surface area (Å²) in [5.74, 6) is 0.631. The maximum absolute atomic E-state index is 13.7. The second kappa shape index (κ2) is 11.3. The third kappa shape index (κ3) is 5.96. The van der Waals surface area contributed by atoms with Crippen LogP contribution in [0.5, 0.6) is 0 Å². The van der Waals surface area contributed by atoms with Crippen molar-refractivity contribution >= 4 is 28.6 Å². The van der Waals surface area contributed by atoms with Crippen LogP contribution in [0.1, 0.15) is 58.3 Å². The lowest BCUT2D eigenvalue weighted by Gasteiger charge is -2.15. The molecule has 5 nitrogen and oxygen atoms in total. The second-order valence-electron chi connectivity index (χ2n) is 9.99. The average molecular weight is 512 g/mol. The first-order valence-corrected chi connectivity index (χ1v) is 14.0. The van der Waals surface area contributed by atoms with Crippen LogP contribution in [0.15, 0.2) is 76.7 Å². The fourth-order valence-electron chi connectivity index (χ4n) is 4.97. The Hall–Kier alpha value is -3.38. The number of hydrogen-bond donors (Lipinski definition) is 1. The number of amides is 1. The Labute approximate surface area is 222 Å². The van der Waals surface area contributed by atoms with Gasteiger partial charge in [-0.3, -0.25) is 14.2 Å². The van der Waals surface area contributed by atoms with Crippen molar-refractivity contribution in [3.63, 3.8) is 0 Å². The number of nitrogens with zero attached hydrogens (tertiary/aromatic N) is 2. The zero-order chi connectivity index (χ0) is 25.8. The summed E-state index contributed by atoms with van der Waals surface area (Å²) in [7, 11) is 0. The molecule has 0 saturated heterocycles. The smallest absolute Gasteiger partial charge is 0.262 e. The molecule has 6 heteroatoms. The van der Waals surface area contributed by atoms with E-state index in [1.807, 2.05) is 18.2 Å². The molecule has 0 radical (unpaired) electrons. The molecule has 1 aliphatic rings. The maximum atomic E-state index is 13.7. The molecule has 5 rings (SSSR count). The van der Waals surface area contributed by atoms with Gasteiger partial charge in [0.15, 0.2) is 5.16 Å². The van der Waals surface area contributed by atoms with E-state index in [2.05, 4.69) is 49.5 Å². The van der Waals surface area contributed by atoms with Crippen LogP contribution in [0.2, 0.25) is 0 Å². The van der Waals surface area contributed by atoms with Gasteiger partial charge in [0.05, 0.1) is 10.9 Å². The van der Waals surface area contributed by atoms with Gasteiger partial charge in [0, 0.05) is 23.9 Å². The largest absolute Gasteiger partial charge is 0.349 e. The molecule has 0 aliphatic heterocycles. The van der Waals surface area contributed by atoms with E-state index in [0.29, 0.717) is 28.2 Å². The lowest BCUT2D eigenvalue weighted by molar-refractivity contribution is 0.0938. The van der Waals surface area contributed by atoms with Gasteiger partial charge in [-0.2, -0.15) is 0 Å². The third-order valence-corrected chi connectivity index (χ3v) is 8.23. The quantitative estimate of drug-likeness (QED) is 0.225. The van der Waals surface area contributed by atoms with Crippen molar-refractivity contribution in [2.45, 2.75) is 69.4 Å². The lowest BCUT2D eigenvalue weighted by atomic mass is 10.1. The number of aryl methyl sites for hydroxylation is 3. The van der Waals surface area contributed by atoms with Gasteiger partial charge in [-0.05, 0) is 68.0 Å². The van der Waals surface area contributed by atoms with E-state index >= 15 is 0 Å². The topological polar surface area (TPSA) is 64.0 Å². The van der Waals surface area contributed by atoms with Gasteiger partial charge in [0.2, 0.25) is 0 Å². The first-order valence-electron chi connectivity index (χ1n) is 13.1. The van der Waals surface area contributed by atoms with E-state index in [4.69, 9.17) is 4.98 Å². The highest BCUT2D eigenvalue weighted by molar-refractivity contribution is 7.98. The van der Waals surface area contributed by atoms with Crippen LogP contribution < -0.4 is 10.9 Å². The van der Waals surface area contributed by atoms with Crippen molar-refractivity contribution in [1.29, 1.82) is 0 Å². The summed E-state index contributed by atoms with van der Waals surface area (Å²) >= 11 is 1.58. The molecule has 3 aromatic carbocycles. The van der Waals surface area contributed by atoms with Crippen LogP contribution in [0.4, 0.5) is 0 Å². The molecule has 1 aliphatic carbocycles. The van der Waals surface area contributed by atoms with Gasteiger partial charge in [0.25, 0.3) is 11.5 Å². The summed E-state index contributed by atoms with van der Waals surface area (Å²) in [6.45, 7) is 4.75. The summed E-state index contributed by atoms with van der Waals surface area (Å²) < 4.78 is 1.80. The van der Waals surface area contributed by atoms with Crippen molar-refractivity contribution in [1.82, 2.24) is 14.9 Å².